The molecule has 0 spiro atoms. The zero-order valence-electron chi connectivity index (χ0n) is 13.8. The van der Waals surface area contributed by atoms with Crippen molar-refractivity contribution in [2.24, 2.45) is 0 Å². The van der Waals surface area contributed by atoms with Gasteiger partial charge in [0.25, 0.3) is 5.24 Å². The minimum Gasteiger partial charge on any atom is -0.340 e. The van der Waals surface area contributed by atoms with Crippen molar-refractivity contribution in [2.75, 3.05) is 45.0 Å². The second kappa shape index (κ2) is 7.76. The van der Waals surface area contributed by atoms with E-state index in [0.717, 1.165) is 5.75 Å². The summed E-state index contributed by atoms with van der Waals surface area (Å²) in [5, 5.41) is 0.0339. The van der Waals surface area contributed by atoms with E-state index >= 15 is 0 Å². The van der Waals surface area contributed by atoms with Gasteiger partial charge in [-0.2, -0.15) is 4.31 Å². The van der Waals surface area contributed by atoms with Crippen LogP contribution in [0.3, 0.4) is 0 Å². The average Bonchev–Trinajstić information content (AvgIpc) is 3.05. The molecule has 0 aromatic heterocycles. The van der Waals surface area contributed by atoms with Crippen molar-refractivity contribution >= 4 is 32.9 Å². The molecule has 1 aromatic carbocycles. The van der Waals surface area contributed by atoms with Gasteiger partial charge in [-0.3, -0.25) is 9.59 Å². The normalized spacial score (nSPS) is 19.4. The zero-order valence-corrected chi connectivity index (χ0v) is 15.5. The van der Waals surface area contributed by atoms with Gasteiger partial charge in [0.1, 0.15) is 0 Å². The summed E-state index contributed by atoms with van der Waals surface area (Å²) in [6.07, 6.45) is 0.289. The minimum absolute atomic E-state index is 0.0264. The largest absolute Gasteiger partial charge is 0.340 e. The van der Waals surface area contributed by atoms with Crippen LogP contribution in [0.15, 0.2) is 35.2 Å². The van der Waals surface area contributed by atoms with E-state index in [1.54, 1.807) is 40.1 Å². The van der Waals surface area contributed by atoms with Crippen molar-refractivity contribution in [3.8, 4) is 0 Å². The molecular weight excluding hydrogens is 362 g/mol. The Morgan fingerprint density at radius 3 is 2.32 bits per heavy atom. The first-order valence-corrected chi connectivity index (χ1v) is 10.7. The quantitative estimate of drug-likeness (QED) is 0.760. The third kappa shape index (κ3) is 4.16. The molecule has 0 bridgehead atoms. The Balaban J connectivity index is 1.51. The summed E-state index contributed by atoms with van der Waals surface area (Å²) in [4.78, 5) is 27.5. The van der Waals surface area contributed by atoms with E-state index in [9.17, 15) is 18.0 Å². The standard InChI is InChI=1S/C16H21N3O4S2/c20-15(6-7-18-12-13-24-16(18)21)17-8-10-19(11-9-17)25(22,23)14-4-2-1-3-5-14/h1-5H,6-13H2. The summed E-state index contributed by atoms with van der Waals surface area (Å²) >= 11 is 1.28. The summed E-state index contributed by atoms with van der Waals surface area (Å²) in [5.41, 5.74) is 0. The van der Waals surface area contributed by atoms with Gasteiger partial charge < -0.3 is 9.80 Å². The molecule has 2 heterocycles. The number of nitrogens with zero attached hydrogens (tertiary/aromatic N) is 3. The Morgan fingerprint density at radius 2 is 1.72 bits per heavy atom. The van der Waals surface area contributed by atoms with Crippen LogP contribution in [0.1, 0.15) is 6.42 Å². The lowest BCUT2D eigenvalue weighted by Crippen LogP contribution is -2.50. The number of piperazine rings is 1. The molecule has 1 aromatic rings. The number of hydrogen-bond donors (Lipinski definition) is 0. The molecule has 7 nitrogen and oxygen atoms in total. The van der Waals surface area contributed by atoms with E-state index in [-0.39, 0.29) is 22.5 Å². The molecule has 136 valence electrons. The Kier molecular flexibility index (Phi) is 5.65. The Bertz CT molecular complexity index is 731. The number of amides is 2. The molecule has 0 N–H and O–H groups in total. The van der Waals surface area contributed by atoms with Crippen LogP contribution in [0, 0.1) is 0 Å². The van der Waals surface area contributed by atoms with Crippen LogP contribution in [0.5, 0.6) is 0 Å². The van der Waals surface area contributed by atoms with E-state index in [1.165, 1.54) is 16.1 Å². The highest BCUT2D eigenvalue weighted by molar-refractivity contribution is 8.13. The first-order valence-electron chi connectivity index (χ1n) is 8.23. The third-order valence-electron chi connectivity index (χ3n) is 4.41. The third-order valence-corrected chi connectivity index (χ3v) is 7.22. The number of hydrogen-bond acceptors (Lipinski definition) is 5. The van der Waals surface area contributed by atoms with Crippen LogP contribution in [-0.4, -0.2) is 78.7 Å². The highest BCUT2D eigenvalue weighted by Crippen LogP contribution is 2.19. The molecule has 0 atom stereocenters. The highest BCUT2D eigenvalue weighted by Gasteiger charge is 2.30. The molecule has 9 heteroatoms. The van der Waals surface area contributed by atoms with E-state index in [0.29, 0.717) is 39.3 Å². The van der Waals surface area contributed by atoms with Crippen molar-refractivity contribution in [3.05, 3.63) is 30.3 Å². The molecule has 0 unspecified atom stereocenters. The van der Waals surface area contributed by atoms with Gasteiger partial charge in [-0.15, -0.1) is 0 Å². The second-order valence-corrected chi connectivity index (χ2v) is 8.93. The summed E-state index contributed by atoms with van der Waals surface area (Å²) in [5.74, 6) is 0.754. The van der Waals surface area contributed by atoms with Crippen LogP contribution in [0.2, 0.25) is 0 Å². The van der Waals surface area contributed by atoms with Crippen molar-refractivity contribution < 1.29 is 18.0 Å². The van der Waals surface area contributed by atoms with Gasteiger partial charge in [-0.1, -0.05) is 30.0 Å². The predicted octanol–water partition coefficient (Wildman–Crippen LogP) is 1.08. The summed E-state index contributed by atoms with van der Waals surface area (Å²) in [7, 11) is -3.50. The van der Waals surface area contributed by atoms with Gasteiger partial charge in [-0.05, 0) is 12.1 Å². The summed E-state index contributed by atoms with van der Waals surface area (Å²) in [6, 6.07) is 8.34. The van der Waals surface area contributed by atoms with Crippen molar-refractivity contribution in [3.63, 3.8) is 0 Å². The predicted molar refractivity (Wildman–Crippen MR) is 95.8 cm³/mol. The molecule has 0 aliphatic carbocycles. The van der Waals surface area contributed by atoms with Crippen LogP contribution in [0.4, 0.5) is 4.79 Å². The fourth-order valence-corrected chi connectivity index (χ4v) is 5.23. The molecule has 25 heavy (non-hydrogen) atoms. The number of carbonyl (C=O) groups is 2. The molecule has 2 aliphatic heterocycles. The van der Waals surface area contributed by atoms with Gasteiger partial charge in [0, 0.05) is 51.4 Å². The first kappa shape index (κ1) is 18.2. The summed E-state index contributed by atoms with van der Waals surface area (Å²) < 4.78 is 26.6. The van der Waals surface area contributed by atoms with Gasteiger partial charge in [0.15, 0.2) is 0 Å². The number of rotatable bonds is 5. The van der Waals surface area contributed by atoms with Crippen molar-refractivity contribution in [1.82, 2.24) is 14.1 Å². The molecule has 3 rings (SSSR count). The maximum atomic E-state index is 12.6. The molecule has 2 amide bonds. The van der Waals surface area contributed by atoms with Gasteiger partial charge in [0.05, 0.1) is 4.90 Å². The lowest BCUT2D eigenvalue weighted by atomic mass is 10.3. The van der Waals surface area contributed by atoms with Crippen LogP contribution in [-0.2, 0) is 14.8 Å². The van der Waals surface area contributed by atoms with Gasteiger partial charge in [0.2, 0.25) is 15.9 Å². The first-order chi connectivity index (χ1) is 12.0. The van der Waals surface area contributed by atoms with Crippen LogP contribution >= 0.6 is 11.8 Å². The molecule has 2 aliphatic rings. The number of sulfonamides is 1. The maximum Gasteiger partial charge on any atom is 0.281 e. The fraction of sp³-hybridized carbons (Fsp3) is 0.500. The number of benzene rings is 1. The zero-order chi connectivity index (χ0) is 17.9. The van der Waals surface area contributed by atoms with Gasteiger partial charge in [-0.25, -0.2) is 8.42 Å². The Morgan fingerprint density at radius 1 is 1.04 bits per heavy atom. The lowest BCUT2D eigenvalue weighted by molar-refractivity contribution is -0.132. The van der Waals surface area contributed by atoms with Crippen LogP contribution < -0.4 is 0 Å². The van der Waals surface area contributed by atoms with E-state index < -0.39 is 10.0 Å². The maximum absolute atomic E-state index is 12.6. The molecule has 0 radical (unpaired) electrons. The van der Waals surface area contributed by atoms with Crippen molar-refractivity contribution in [1.29, 1.82) is 0 Å². The molecule has 0 saturated carbocycles. The number of carbonyl (C=O) groups excluding carboxylic acids is 2. The fourth-order valence-electron chi connectivity index (χ4n) is 2.94. The van der Waals surface area contributed by atoms with E-state index in [1.807, 2.05) is 0 Å². The van der Waals surface area contributed by atoms with E-state index in [2.05, 4.69) is 0 Å². The smallest absolute Gasteiger partial charge is 0.281 e. The molecular formula is C16H21N3O4S2. The highest BCUT2D eigenvalue weighted by atomic mass is 32.2. The summed E-state index contributed by atoms with van der Waals surface area (Å²) in [6.45, 7) is 2.48. The SMILES string of the molecule is O=C(CCN1CCSC1=O)N1CCN(S(=O)(=O)c2ccccc2)CC1. The van der Waals surface area contributed by atoms with E-state index in [4.69, 9.17) is 0 Å². The average molecular weight is 383 g/mol. The molecule has 2 fully saturated rings. The number of thioether (sulfide) groups is 1. The molecule has 2 saturated heterocycles. The lowest BCUT2D eigenvalue weighted by Gasteiger charge is -2.34. The second-order valence-electron chi connectivity index (χ2n) is 5.95. The monoisotopic (exact) mass is 383 g/mol. The van der Waals surface area contributed by atoms with Crippen molar-refractivity contribution in [2.45, 2.75) is 11.3 Å². The Labute approximate surface area is 152 Å². The van der Waals surface area contributed by atoms with Gasteiger partial charge >= 0.3 is 0 Å². The minimum atomic E-state index is -3.50. The topological polar surface area (TPSA) is 78.0 Å². The Hall–Kier alpha value is -1.58. The van der Waals surface area contributed by atoms with Crippen LogP contribution in [0.25, 0.3) is 0 Å².